The number of benzene rings is 2. The van der Waals surface area contributed by atoms with Gasteiger partial charge < -0.3 is 20.4 Å². The lowest BCUT2D eigenvalue weighted by atomic mass is 9.97. The largest absolute Gasteiger partial charge is 0.456 e. The minimum absolute atomic E-state index is 0.164. The fourth-order valence-corrected chi connectivity index (χ4v) is 3.34. The third-order valence-electron chi connectivity index (χ3n) is 4.93. The number of ether oxygens (including phenoxy) is 1. The van der Waals surface area contributed by atoms with Crippen molar-refractivity contribution >= 4 is 22.4 Å². The van der Waals surface area contributed by atoms with Crippen molar-refractivity contribution in [2.24, 2.45) is 5.41 Å². The predicted octanol–water partition coefficient (Wildman–Crippen LogP) is 5.79. The second-order valence-corrected chi connectivity index (χ2v) is 8.95. The number of H-pyrrole nitrogens is 1. The molecule has 0 aliphatic carbocycles. The normalized spacial score (nSPS) is 11.3. The zero-order valence-electron chi connectivity index (χ0n) is 18.6. The Morgan fingerprint density at radius 3 is 2.66 bits per heavy atom. The van der Waals surface area contributed by atoms with Crippen LogP contribution in [0.15, 0.2) is 77.7 Å². The summed E-state index contributed by atoms with van der Waals surface area (Å²) in [7, 11) is 0. The number of aromatic amines is 1. The number of fused-ring (bicyclic) bond motifs is 1. The van der Waals surface area contributed by atoms with Crippen molar-refractivity contribution in [2.45, 2.75) is 27.3 Å². The molecule has 0 unspecified atom stereocenters. The summed E-state index contributed by atoms with van der Waals surface area (Å²) in [5, 5.41) is 7.75. The van der Waals surface area contributed by atoms with E-state index in [4.69, 9.17) is 4.74 Å². The van der Waals surface area contributed by atoms with Crippen molar-refractivity contribution < 1.29 is 4.74 Å². The molecule has 4 aromatic rings. The molecule has 2 aromatic heterocycles. The summed E-state index contributed by atoms with van der Waals surface area (Å²) >= 11 is 0. The summed E-state index contributed by atoms with van der Waals surface area (Å²) in [6, 6.07) is 20.8. The van der Waals surface area contributed by atoms with Crippen LogP contribution in [0.5, 0.6) is 11.5 Å². The molecule has 32 heavy (non-hydrogen) atoms. The molecule has 0 aliphatic heterocycles. The molecule has 6 heteroatoms. The Morgan fingerprint density at radius 2 is 1.81 bits per heavy atom. The van der Waals surface area contributed by atoms with Crippen LogP contribution in [0.1, 0.15) is 26.3 Å². The van der Waals surface area contributed by atoms with Gasteiger partial charge >= 0.3 is 0 Å². The van der Waals surface area contributed by atoms with Gasteiger partial charge in [0.15, 0.2) is 0 Å². The van der Waals surface area contributed by atoms with E-state index in [-0.39, 0.29) is 11.0 Å². The molecule has 164 valence electrons. The van der Waals surface area contributed by atoms with Gasteiger partial charge in [-0.15, -0.1) is 0 Å². The third-order valence-corrected chi connectivity index (χ3v) is 4.93. The Morgan fingerprint density at radius 1 is 0.969 bits per heavy atom. The summed E-state index contributed by atoms with van der Waals surface area (Å²) < 4.78 is 6.08. The lowest BCUT2D eigenvalue weighted by Crippen LogP contribution is -2.20. The highest BCUT2D eigenvalue weighted by molar-refractivity contribution is 5.84. The zero-order chi connectivity index (χ0) is 22.6. The lowest BCUT2D eigenvalue weighted by Gasteiger charge is -2.20. The molecular formula is C26H28N4O2. The Hall–Kier alpha value is -3.80. The molecule has 0 aliphatic rings. The summed E-state index contributed by atoms with van der Waals surface area (Å²) in [4.78, 5) is 19.3. The third kappa shape index (κ3) is 5.46. The molecule has 0 saturated carbocycles. The van der Waals surface area contributed by atoms with Gasteiger partial charge in [-0.2, -0.15) is 0 Å². The molecule has 0 amide bonds. The van der Waals surface area contributed by atoms with E-state index in [1.54, 1.807) is 6.20 Å². The quantitative estimate of drug-likeness (QED) is 0.347. The highest BCUT2D eigenvalue weighted by Crippen LogP contribution is 2.29. The Labute approximate surface area is 187 Å². The smallest absolute Gasteiger partial charge is 0.252 e. The van der Waals surface area contributed by atoms with Crippen LogP contribution in [-0.2, 0) is 6.54 Å². The number of anilines is 2. The van der Waals surface area contributed by atoms with Crippen LogP contribution in [0, 0.1) is 5.41 Å². The van der Waals surface area contributed by atoms with Crippen LogP contribution in [-0.4, -0.2) is 16.5 Å². The molecule has 0 saturated heterocycles. The van der Waals surface area contributed by atoms with E-state index in [0.29, 0.717) is 18.0 Å². The molecule has 3 N–H and O–H groups in total. The summed E-state index contributed by atoms with van der Waals surface area (Å²) in [6.45, 7) is 8.03. The van der Waals surface area contributed by atoms with Crippen LogP contribution in [0.25, 0.3) is 10.9 Å². The molecule has 4 rings (SSSR count). The number of rotatable bonds is 7. The van der Waals surface area contributed by atoms with E-state index in [1.165, 1.54) is 6.07 Å². The second kappa shape index (κ2) is 9.14. The van der Waals surface area contributed by atoms with Gasteiger partial charge in [0.25, 0.3) is 5.56 Å². The SMILES string of the molecule is CC(C)(C)CNc1ncccc1CNc1cccc(Oc2cc(=O)[nH]c3ccccc23)c1. The molecule has 2 aromatic carbocycles. The standard InChI is InChI=1S/C26H28N4O2/c1-26(2,3)17-29-25-18(8-7-13-27-25)16-28-19-9-6-10-20(14-19)32-23-15-24(31)30-22-12-5-4-11-21(22)23/h4-15,28H,16-17H2,1-3H3,(H,27,29)(H,30,31). The van der Waals surface area contributed by atoms with Crippen LogP contribution in [0.2, 0.25) is 0 Å². The molecule has 6 nitrogen and oxygen atoms in total. The highest BCUT2D eigenvalue weighted by Gasteiger charge is 2.12. The monoisotopic (exact) mass is 428 g/mol. The first-order valence-corrected chi connectivity index (χ1v) is 10.7. The van der Waals surface area contributed by atoms with E-state index < -0.39 is 0 Å². The Balaban J connectivity index is 1.49. The molecule has 0 bridgehead atoms. The minimum Gasteiger partial charge on any atom is -0.456 e. The fraction of sp³-hybridized carbons (Fsp3) is 0.231. The molecular weight excluding hydrogens is 400 g/mol. The lowest BCUT2D eigenvalue weighted by molar-refractivity contribution is 0.442. The van der Waals surface area contributed by atoms with E-state index in [9.17, 15) is 4.79 Å². The number of pyridine rings is 2. The van der Waals surface area contributed by atoms with Gasteiger partial charge in [-0.05, 0) is 35.7 Å². The van der Waals surface area contributed by atoms with Crippen molar-refractivity contribution in [3.05, 3.63) is 88.8 Å². The van der Waals surface area contributed by atoms with Crippen LogP contribution in [0.4, 0.5) is 11.5 Å². The van der Waals surface area contributed by atoms with Crippen molar-refractivity contribution in [3.63, 3.8) is 0 Å². The van der Waals surface area contributed by atoms with Gasteiger partial charge in [-0.1, -0.05) is 45.0 Å². The van der Waals surface area contributed by atoms with E-state index in [0.717, 1.165) is 34.5 Å². The van der Waals surface area contributed by atoms with E-state index in [1.807, 2.05) is 54.6 Å². The van der Waals surface area contributed by atoms with Crippen LogP contribution < -0.4 is 20.9 Å². The Bertz CT molecular complexity index is 1270. The van der Waals surface area contributed by atoms with Crippen molar-refractivity contribution in [2.75, 3.05) is 17.2 Å². The number of para-hydroxylation sites is 1. The van der Waals surface area contributed by atoms with Crippen molar-refractivity contribution in [1.82, 2.24) is 9.97 Å². The molecule has 0 fully saturated rings. The van der Waals surface area contributed by atoms with Gasteiger partial charge in [0.2, 0.25) is 0 Å². The zero-order valence-corrected chi connectivity index (χ0v) is 18.6. The van der Waals surface area contributed by atoms with Crippen molar-refractivity contribution in [1.29, 1.82) is 0 Å². The average molecular weight is 429 g/mol. The van der Waals surface area contributed by atoms with E-state index >= 15 is 0 Å². The second-order valence-electron chi connectivity index (χ2n) is 8.95. The van der Waals surface area contributed by atoms with Crippen LogP contribution >= 0.6 is 0 Å². The first-order chi connectivity index (χ1) is 15.4. The maximum atomic E-state index is 12.0. The molecule has 2 heterocycles. The number of nitrogens with one attached hydrogen (secondary N) is 3. The Kier molecular flexibility index (Phi) is 6.12. The first kappa shape index (κ1) is 21.4. The first-order valence-electron chi connectivity index (χ1n) is 10.7. The van der Waals surface area contributed by atoms with Crippen LogP contribution in [0.3, 0.4) is 0 Å². The number of hydrogen-bond donors (Lipinski definition) is 3. The summed E-state index contributed by atoms with van der Waals surface area (Å²) in [6.07, 6.45) is 1.80. The summed E-state index contributed by atoms with van der Waals surface area (Å²) in [5.41, 5.74) is 2.72. The molecule has 0 spiro atoms. The number of hydrogen-bond acceptors (Lipinski definition) is 5. The summed E-state index contributed by atoms with van der Waals surface area (Å²) in [5.74, 6) is 2.07. The van der Waals surface area contributed by atoms with Gasteiger partial charge in [-0.25, -0.2) is 4.98 Å². The van der Waals surface area contributed by atoms with E-state index in [2.05, 4.69) is 47.4 Å². The average Bonchev–Trinajstić information content (AvgIpc) is 2.76. The number of aromatic nitrogens is 2. The fourth-order valence-electron chi connectivity index (χ4n) is 3.34. The maximum absolute atomic E-state index is 12.0. The van der Waals surface area contributed by atoms with Gasteiger partial charge in [0.05, 0.1) is 5.52 Å². The van der Waals surface area contributed by atoms with Gasteiger partial charge in [0, 0.05) is 48.1 Å². The number of nitrogens with zero attached hydrogens (tertiary/aromatic N) is 1. The topological polar surface area (TPSA) is 79.0 Å². The van der Waals surface area contributed by atoms with Gasteiger partial charge in [0.1, 0.15) is 17.3 Å². The maximum Gasteiger partial charge on any atom is 0.252 e. The van der Waals surface area contributed by atoms with Gasteiger partial charge in [-0.3, -0.25) is 4.79 Å². The molecule has 0 atom stereocenters. The van der Waals surface area contributed by atoms with Crippen molar-refractivity contribution in [3.8, 4) is 11.5 Å². The molecule has 0 radical (unpaired) electrons. The minimum atomic E-state index is -0.195. The highest BCUT2D eigenvalue weighted by atomic mass is 16.5. The predicted molar refractivity (Wildman–Crippen MR) is 131 cm³/mol.